The third-order valence-corrected chi connectivity index (χ3v) is 4.68. The zero-order valence-corrected chi connectivity index (χ0v) is 15.0. The summed E-state index contributed by atoms with van der Waals surface area (Å²) in [6.07, 6.45) is 0. The molecule has 5 N–H and O–H groups in total. The molecule has 9 nitrogen and oxygen atoms in total. The number of carbonyl (C=O) groups excluding carboxylic acids is 1. The molecule has 0 aliphatic rings. The fraction of sp³-hybridized carbons (Fsp3) is 0. The van der Waals surface area contributed by atoms with Gasteiger partial charge in [-0.3, -0.25) is 4.79 Å². The Morgan fingerprint density at radius 1 is 1.19 bits per heavy atom. The van der Waals surface area contributed by atoms with Gasteiger partial charge < -0.3 is 11.1 Å². The van der Waals surface area contributed by atoms with Gasteiger partial charge in [-0.1, -0.05) is 17.7 Å². The number of nitrogens with two attached hydrogens (primary N) is 2. The minimum absolute atomic E-state index is 0.0586. The Morgan fingerprint density at radius 3 is 2.44 bits per heavy atom. The van der Waals surface area contributed by atoms with Crippen LogP contribution in [-0.4, -0.2) is 29.1 Å². The molecule has 0 spiro atoms. The van der Waals surface area contributed by atoms with Crippen molar-refractivity contribution in [3.8, 4) is 0 Å². The molecule has 0 aliphatic heterocycles. The number of nitrogens with zero attached hydrogens (tertiary/aromatic N) is 3. The van der Waals surface area contributed by atoms with Gasteiger partial charge in [0.2, 0.25) is 21.9 Å². The average Bonchev–Trinajstić information content (AvgIpc) is 2.94. The van der Waals surface area contributed by atoms with E-state index in [0.29, 0.717) is 10.4 Å². The van der Waals surface area contributed by atoms with Crippen molar-refractivity contribution in [1.29, 1.82) is 0 Å². The van der Waals surface area contributed by atoms with Crippen molar-refractivity contribution in [2.75, 3.05) is 11.1 Å². The fourth-order valence-electron chi connectivity index (χ4n) is 2.19. The zero-order valence-electron chi connectivity index (χ0n) is 13.4. The largest absolute Gasteiger partial charge is 0.368 e. The van der Waals surface area contributed by atoms with E-state index in [1.165, 1.54) is 36.4 Å². The number of primary sulfonamides is 1. The lowest BCUT2D eigenvalue weighted by molar-refractivity contribution is 0.0944. The third kappa shape index (κ3) is 3.89. The van der Waals surface area contributed by atoms with Gasteiger partial charge in [-0.15, -0.1) is 5.10 Å². The minimum atomic E-state index is -3.82. The van der Waals surface area contributed by atoms with Crippen molar-refractivity contribution in [2.24, 2.45) is 5.14 Å². The molecular formula is C15H12ClFN6O3S. The van der Waals surface area contributed by atoms with Crippen LogP contribution in [0, 0.1) is 5.82 Å². The van der Waals surface area contributed by atoms with Crippen molar-refractivity contribution >= 4 is 45.1 Å². The second kappa shape index (κ2) is 6.95. The summed E-state index contributed by atoms with van der Waals surface area (Å²) in [7, 11) is -3.82. The van der Waals surface area contributed by atoms with E-state index >= 15 is 0 Å². The molecule has 0 saturated heterocycles. The number of sulfonamides is 1. The molecule has 3 aromatic rings. The van der Waals surface area contributed by atoms with E-state index in [9.17, 15) is 17.6 Å². The first-order valence-electron chi connectivity index (χ1n) is 7.28. The van der Waals surface area contributed by atoms with E-state index in [1.807, 2.05) is 0 Å². The number of benzene rings is 2. The normalized spacial score (nSPS) is 11.4. The molecule has 12 heteroatoms. The molecule has 3 rings (SSSR count). The molecule has 0 amide bonds. The van der Waals surface area contributed by atoms with Gasteiger partial charge >= 0.3 is 0 Å². The van der Waals surface area contributed by atoms with Gasteiger partial charge in [-0.25, -0.2) is 17.9 Å². The molecule has 2 aromatic carbocycles. The molecule has 1 heterocycles. The molecular weight excluding hydrogens is 399 g/mol. The molecule has 1 aromatic heterocycles. The number of anilines is 3. The average molecular weight is 411 g/mol. The smallest absolute Gasteiger partial charge is 0.285 e. The van der Waals surface area contributed by atoms with E-state index in [0.717, 1.165) is 6.07 Å². The highest BCUT2D eigenvalue weighted by molar-refractivity contribution is 7.89. The number of hydrogen-bond donors (Lipinski definition) is 3. The predicted octanol–water partition coefficient (Wildman–Crippen LogP) is 1.73. The van der Waals surface area contributed by atoms with Crippen LogP contribution in [0.5, 0.6) is 0 Å². The highest BCUT2D eigenvalue weighted by atomic mass is 35.5. The Morgan fingerprint density at radius 2 is 1.85 bits per heavy atom. The standard InChI is InChI=1S/C15H12ClFN6O3S/c16-10-2-1-3-11(17)12(10)13(24)23-14(18)21-15(22-23)20-8-4-6-9(7-5-8)27(19,25)26/h1-7H,(H2,19,25,26)(H3,18,20,21,22). The van der Waals surface area contributed by atoms with Gasteiger partial charge in [0.1, 0.15) is 5.82 Å². The van der Waals surface area contributed by atoms with E-state index in [4.69, 9.17) is 22.5 Å². The first-order chi connectivity index (χ1) is 12.7. The Labute approximate surface area is 157 Å². The predicted molar refractivity (Wildman–Crippen MR) is 96.7 cm³/mol. The van der Waals surface area contributed by atoms with E-state index in [2.05, 4.69) is 15.4 Å². The number of nitrogens with one attached hydrogen (secondary N) is 1. The van der Waals surface area contributed by atoms with Crippen LogP contribution < -0.4 is 16.2 Å². The zero-order chi connectivity index (χ0) is 19.8. The van der Waals surface area contributed by atoms with Crippen LogP contribution in [0.25, 0.3) is 0 Å². The lowest BCUT2D eigenvalue weighted by Gasteiger charge is -2.05. The maximum atomic E-state index is 13.9. The van der Waals surface area contributed by atoms with Crippen LogP contribution in [0.4, 0.5) is 22.0 Å². The van der Waals surface area contributed by atoms with Crippen molar-refractivity contribution in [3.63, 3.8) is 0 Å². The summed E-state index contributed by atoms with van der Waals surface area (Å²) in [6.45, 7) is 0. The SMILES string of the molecule is Nc1nc(Nc2ccc(S(N)(=O)=O)cc2)nn1C(=O)c1c(F)cccc1Cl. The summed E-state index contributed by atoms with van der Waals surface area (Å²) in [6, 6.07) is 9.20. The van der Waals surface area contributed by atoms with Gasteiger partial charge in [-0.2, -0.15) is 9.67 Å². The summed E-state index contributed by atoms with van der Waals surface area (Å²) < 4.78 is 37.1. The van der Waals surface area contributed by atoms with Crippen LogP contribution in [0.2, 0.25) is 5.02 Å². The lowest BCUT2D eigenvalue weighted by Crippen LogP contribution is -2.18. The van der Waals surface area contributed by atoms with Crippen molar-refractivity contribution in [1.82, 2.24) is 14.8 Å². The summed E-state index contributed by atoms with van der Waals surface area (Å²) in [4.78, 5) is 16.3. The number of rotatable bonds is 4. The van der Waals surface area contributed by atoms with E-state index in [1.54, 1.807) is 0 Å². The third-order valence-electron chi connectivity index (χ3n) is 3.44. The highest BCUT2D eigenvalue weighted by Gasteiger charge is 2.22. The maximum absolute atomic E-state index is 13.9. The summed E-state index contributed by atoms with van der Waals surface area (Å²) >= 11 is 5.88. The Kier molecular flexibility index (Phi) is 4.83. The van der Waals surface area contributed by atoms with Crippen LogP contribution in [0.3, 0.4) is 0 Å². The number of nitrogen functional groups attached to an aromatic ring is 1. The number of aromatic nitrogens is 3. The molecule has 27 heavy (non-hydrogen) atoms. The van der Waals surface area contributed by atoms with Gasteiger partial charge in [0.15, 0.2) is 0 Å². The Balaban J connectivity index is 1.88. The molecule has 0 atom stereocenters. The van der Waals surface area contributed by atoms with E-state index < -0.39 is 21.7 Å². The second-order valence-corrected chi connectivity index (χ2v) is 7.27. The number of hydrogen-bond acceptors (Lipinski definition) is 7. The van der Waals surface area contributed by atoms with Crippen molar-refractivity contribution in [3.05, 3.63) is 58.9 Å². The molecule has 0 saturated carbocycles. The maximum Gasteiger partial charge on any atom is 0.285 e. The van der Waals surface area contributed by atoms with Gasteiger partial charge in [0.25, 0.3) is 5.91 Å². The van der Waals surface area contributed by atoms with E-state index in [-0.39, 0.29) is 27.4 Å². The van der Waals surface area contributed by atoms with Crippen LogP contribution in [0.1, 0.15) is 10.4 Å². The van der Waals surface area contributed by atoms with Gasteiger partial charge in [0, 0.05) is 5.69 Å². The summed E-state index contributed by atoms with van der Waals surface area (Å²) in [5.74, 6) is -2.06. The first-order valence-corrected chi connectivity index (χ1v) is 9.20. The molecule has 140 valence electrons. The van der Waals surface area contributed by atoms with Gasteiger partial charge in [0.05, 0.1) is 15.5 Å². The Hall–Kier alpha value is -3.02. The first kappa shape index (κ1) is 18.8. The highest BCUT2D eigenvalue weighted by Crippen LogP contribution is 2.22. The fourth-order valence-corrected chi connectivity index (χ4v) is 2.95. The summed E-state index contributed by atoms with van der Waals surface area (Å²) in [5.41, 5.74) is 5.71. The molecule has 0 aliphatic carbocycles. The number of carbonyl (C=O) groups is 1. The monoisotopic (exact) mass is 410 g/mol. The topological polar surface area (TPSA) is 146 Å². The van der Waals surface area contributed by atoms with Crippen molar-refractivity contribution < 1.29 is 17.6 Å². The van der Waals surface area contributed by atoms with Crippen LogP contribution in [0.15, 0.2) is 47.4 Å². The van der Waals surface area contributed by atoms with Crippen molar-refractivity contribution in [2.45, 2.75) is 4.90 Å². The number of halogens is 2. The quantitative estimate of drug-likeness (QED) is 0.593. The molecule has 0 bridgehead atoms. The van der Waals surface area contributed by atoms with Gasteiger partial charge in [-0.05, 0) is 36.4 Å². The lowest BCUT2D eigenvalue weighted by atomic mass is 10.2. The molecule has 0 radical (unpaired) electrons. The van der Waals surface area contributed by atoms with Crippen LogP contribution in [-0.2, 0) is 10.0 Å². The summed E-state index contributed by atoms with van der Waals surface area (Å²) in [5, 5.41) is 11.6. The molecule has 0 unspecified atom stereocenters. The minimum Gasteiger partial charge on any atom is -0.368 e. The second-order valence-electron chi connectivity index (χ2n) is 5.30. The van der Waals surface area contributed by atoms with Crippen LogP contribution >= 0.6 is 11.6 Å². The Bertz CT molecular complexity index is 1110. The molecule has 0 fully saturated rings.